The molecule has 0 aliphatic heterocycles. The molecule has 5 nitrogen and oxygen atoms in total. The van der Waals surface area contributed by atoms with Gasteiger partial charge in [0, 0.05) is 24.0 Å². The number of amides is 2. The van der Waals surface area contributed by atoms with Crippen molar-refractivity contribution in [3.05, 3.63) is 89.4 Å². The molecule has 0 spiro atoms. The number of carbonyl (C=O) groups excluding carboxylic acids is 2. The molecule has 0 saturated heterocycles. The van der Waals surface area contributed by atoms with Crippen LogP contribution in [0, 0.1) is 5.82 Å². The Kier molecular flexibility index (Phi) is 7.08. The van der Waals surface area contributed by atoms with Crippen LogP contribution in [-0.4, -0.2) is 22.6 Å². The first kappa shape index (κ1) is 21.4. The van der Waals surface area contributed by atoms with Crippen molar-refractivity contribution in [2.75, 3.05) is 5.32 Å². The number of alkyl halides is 2. The van der Waals surface area contributed by atoms with Crippen molar-refractivity contribution in [2.45, 2.75) is 17.3 Å². The van der Waals surface area contributed by atoms with Gasteiger partial charge < -0.3 is 10.6 Å². The van der Waals surface area contributed by atoms with Gasteiger partial charge in [-0.3, -0.25) is 9.59 Å². The Hall–Kier alpha value is -3.33. The van der Waals surface area contributed by atoms with Crippen LogP contribution in [0.25, 0.3) is 0 Å². The molecule has 1 aromatic heterocycles. The van der Waals surface area contributed by atoms with E-state index in [0.29, 0.717) is 11.3 Å². The van der Waals surface area contributed by atoms with Crippen molar-refractivity contribution in [3.8, 4) is 0 Å². The highest BCUT2D eigenvalue weighted by Crippen LogP contribution is 2.26. The molecule has 0 unspecified atom stereocenters. The molecule has 0 aliphatic rings. The Bertz CT molecular complexity index is 1060. The number of pyridine rings is 1. The first-order chi connectivity index (χ1) is 14.4. The first-order valence-corrected chi connectivity index (χ1v) is 9.64. The number of benzene rings is 2. The summed E-state index contributed by atoms with van der Waals surface area (Å²) in [5.74, 6) is -4.22. The molecular formula is C21H16F3N3O2S. The molecule has 3 aromatic rings. The lowest BCUT2D eigenvalue weighted by Crippen LogP contribution is -2.24. The molecule has 9 heteroatoms. The number of hydrogen-bond donors (Lipinski definition) is 2. The average Bonchev–Trinajstić information content (AvgIpc) is 2.72. The second-order valence-corrected chi connectivity index (χ2v) is 7.06. The van der Waals surface area contributed by atoms with E-state index in [2.05, 4.69) is 15.6 Å². The molecule has 0 radical (unpaired) electrons. The van der Waals surface area contributed by atoms with E-state index in [0.717, 1.165) is 6.07 Å². The van der Waals surface area contributed by atoms with Crippen molar-refractivity contribution in [1.82, 2.24) is 10.3 Å². The van der Waals surface area contributed by atoms with E-state index in [1.807, 2.05) is 0 Å². The van der Waals surface area contributed by atoms with Gasteiger partial charge in [0.25, 0.3) is 17.6 Å². The molecule has 154 valence electrons. The summed E-state index contributed by atoms with van der Waals surface area (Å²) in [6.45, 7) is 0.107. The SMILES string of the molecule is O=C(Nc1cccc(CNC(=O)c2cccnc2SC(F)F)c1)c1cccc(F)c1. The topological polar surface area (TPSA) is 71.1 Å². The Balaban J connectivity index is 1.65. The highest BCUT2D eigenvalue weighted by molar-refractivity contribution is 7.99. The molecule has 1 heterocycles. The summed E-state index contributed by atoms with van der Waals surface area (Å²) in [4.78, 5) is 28.4. The van der Waals surface area contributed by atoms with Crippen molar-refractivity contribution in [2.24, 2.45) is 0 Å². The quantitative estimate of drug-likeness (QED) is 0.531. The van der Waals surface area contributed by atoms with Crippen LogP contribution >= 0.6 is 11.8 Å². The van der Waals surface area contributed by atoms with Crippen LogP contribution in [0.2, 0.25) is 0 Å². The molecule has 30 heavy (non-hydrogen) atoms. The highest BCUT2D eigenvalue weighted by Gasteiger charge is 2.16. The maximum absolute atomic E-state index is 13.3. The van der Waals surface area contributed by atoms with Gasteiger partial charge in [-0.25, -0.2) is 9.37 Å². The maximum atomic E-state index is 13.3. The second kappa shape index (κ2) is 9.93. The minimum Gasteiger partial charge on any atom is -0.348 e. The fourth-order valence-electron chi connectivity index (χ4n) is 2.61. The number of halogens is 3. The normalized spacial score (nSPS) is 10.7. The van der Waals surface area contributed by atoms with Gasteiger partial charge in [-0.2, -0.15) is 8.78 Å². The summed E-state index contributed by atoms with van der Waals surface area (Å²) in [7, 11) is 0. The lowest BCUT2D eigenvalue weighted by molar-refractivity contribution is 0.0946. The molecule has 0 aliphatic carbocycles. The predicted octanol–water partition coefficient (Wildman–Crippen LogP) is 4.72. The van der Waals surface area contributed by atoms with Crippen LogP contribution in [0.1, 0.15) is 26.3 Å². The molecule has 0 bridgehead atoms. The monoisotopic (exact) mass is 431 g/mol. The summed E-state index contributed by atoms with van der Waals surface area (Å²) in [5, 5.41) is 5.26. The second-order valence-electron chi connectivity index (χ2n) is 6.08. The first-order valence-electron chi connectivity index (χ1n) is 8.76. The molecule has 0 atom stereocenters. The third kappa shape index (κ3) is 5.84. The largest absolute Gasteiger partial charge is 0.348 e. The van der Waals surface area contributed by atoms with Gasteiger partial charge in [-0.05, 0) is 59.8 Å². The molecule has 2 N–H and O–H groups in total. The minimum atomic E-state index is -2.69. The smallest absolute Gasteiger partial charge is 0.290 e. The number of hydrogen-bond acceptors (Lipinski definition) is 4. The van der Waals surface area contributed by atoms with Gasteiger partial charge in [0.05, 0.1) is 5.56 Å². The Labute approximate surface area is 174 Å². The van der Waals surface area contributed by atoms with Gasteiger partial charge >= 0.3 is 0 Å². The standard InChI is InChI=1S/C21H16F3N3O2S/c22-15-6-2-5-14(11-15)18(28)27-16-7-1-4-13(10-16)12-26-19(29)17-8-3-9-25-20(17)30-21(23)24/h1-11,21H,12H2,(H,26,29)(H,27,28). The van der Waals surface area contributed by atoms with E-state index in [9.17, 15) is 22.8 Å². The van der Waals surface area contributed by atoms with Crippen LogP contribution in [0.3, 0.4) is 0 Å². The Morgan fingerprint density at radius 1 is 1.00 bits per heavy atom. The van der Waals surface area contributed by atoms with E-state index in [1.165, 1.54) is 36.5 Å². The van der Waals surface area contributed by atoms with Crippen molar-refractivity contribution in [1.29, 1.82) is 0 Å². The lowest BCUT2D eigenvalue weighted by atomic mass is 10.1. The van der Waals surface area contributed by atoms with E-state index in [-0.39, 0.29) is 34.5 Å². The van der Waals surface area contributed by atoms with Crippen LogP contribution < -0.4 is 10.6 Å². The number of carbonyl (C=O) groups is 2. The zero-order valence-corrected chi connectivity index (χ0v) is 16.3. The summed E-state index contributed by atoms with van der Waals surface area (Å²) in [5.41, 5.74) is 1.37. The van der Waals surface area contributed by atoms with Crippen LogP contribution in [0.15, 0.2) is 71.9 Å². The van der Waals surface area contributed by atoms with Gasteiger partial charge in [-0.1, -0.05) is 18.2 Å². The van der Waals surface area contributed by atoms with E-state index in [1.54, 1.807) is 24.3 Å². The summed E-state index contributed by atoms with van der Waals surface area (Å²) in [6.07, 6.45) is 1.34. The van der Waals surface area contributed by atoms with Gasteiger partial charge in [0.1, 0.15) is 10.8 Å². The van der Waals surface area contributed by atoms with Gasteiger partial charge in [-0.15, -0.1) is 0 Å². The lowest BCUT2D eigenvalue weighted by Gasteiger charge is -2.10. The van der Waals surface area contributed by atoms with E-state index in [4.69, 9.17) is 0 Å². The maximum Gasteiger partial charge on any atom is 0.290 e. The fourth-order valence-corrected chi connectivity index (χ4v) is 3.19. The molecule has 2 aromatic carbocycles. The fraction of sp³-hybridized carbons (Fsp3) is 0.0952. The predicted molar refractivity (Wildman–Crippen MR) is 108 cm³/mol. The van der Waals surface area contributed by atoms with Crippen LogP contribution in [-0.2, 0) is 6.54 Å². The van der Waals surface area contributed by atoms with E-state index < -0.39 is 23.4 Å². The zero-order chi connectivity index (χ0) is 21.5. The Morgan fingerprint density at radius 2 is 1.80 bits per heavy atom. The molecular weight excluding hydrogens is 415 g/mol. The summed E-state index contributed by atoms with van der Waals surface area (Å²) >= 11 is 0.204. The molecule has 0 saturated carbocycles. The van der Waals surface area contributed by atoms with Crippen molar-refractivity contribution in [3.63, 3.8) is 0 Å². The molecule has 3 rings (SSSR count). The number of nitrogens with zero attached hydrogens (tertiary/aromatic N) is 1. The zero-order valence-electron chi connectivity index (χ0n) is 15.4. The molecule has 2 amide bonds. The summed E-state index contributed by atoms with van der Waals surface area (Å²) < 4.78 is 38.6. The highest BCUT2D eigenvalue weighted by atomic mass is 32.2. The van der Waals surface area contributed by atoms with Crippen molar-refractivity contribution >= 4 is 29.3 Å². The minimum absolute atomic E-state index is 0.0540. The van der Waals surface area contributed by atoms with E-state index >= 15 is 0 Å². The van der Waals surface area contributed by atoms with Gasteiger partial charge in [0.2, 0.25) is 0 Å². The Morgan fingerprint density at radius 3 is 2.57 bits per heavy atom. The third-order valence-corrected chi connectivity index (χ3v) is 4.67. The van der Waals surface area contributed by atoms with Crippen LogP contribution in [0.5, 0.6) is 0 Å². The number of aromatic nitrogens is 1. The van der Waals surface area contributed by atoms with Crippen LogP contribution in [0.4, 0.5) is 18.9 Å². The summed E-state index contributed by atoms with van der Waals surface area (Å²) in [6, 6.07) is 14.9. The average molecular weight is 431 g/mol. The molecule has 0 fully saturated rings. The third-order valence-electron chi connectivity index (χ3n) is 3.94. The van der Waals surface area contributed by atoms with Gasteiger partial charge in [0.15, 0.2) is 0 Å². The number of nitrogens with one attached hydrogen (secondary N) is 2. The number of rotatable bonds is 7. The number of thioether (sulfide) groups is 1. The number of anilines is 1. The van der Waals surface area contributed by atoms with Crippen molar-refractivity contribution < 1.29 is 22.8 Å².